The maximum Gasteiger partial charge on any atom is 0.240 e. The highest BCUT2D eigenvalue weighted by atomic mass is 127. The molecule has 3 aromatic carbocycles. The topological polar surface area (TPSA) is 51.1 Å². The van der Waals surface area contributed by atoms with E-state index >= 15 is 0 Å². The van der Waals surface area contributed by atoms with E-state index < -0.39 is 15.8 Å². The molecule has 1 atom stereocenters. The molecule has 0 unspecified atom stereocenters. The van der Waals surface area contributed by atoms with Gasteiger partial charge in [0.15, 0.2) is 0 Å². The van der Waals surface area contributed by atoms with Crippen LogP contribution in [0.3, 0.4) is 0 Å². The number of nitrogens with one attached hydrogen (secondary N) is 1. The number of fused-ring (bicyclic) bond motifs is 3. The lowest BCUT2D eigenvalue weighted by molar-refractivity contribution is 0.499. The summed E-state index contributed by atoms with van der Waals surface area (Å²) >= 11 is 2.31. The molecule has 0 radical (unpaired) electrons. The van der Waals surface area contributed by atoms with Gasteiger partial charge in [-0.05, 0) is 95.4 Å². The van der Waals surface area contributed by atoms with Crippen LogP contribution in [0.15, 0.2) is 77.7 Å². The molecule has 0 fully saturated rings. The Bertz CT molecular complexity index is 1380. The van der Waals surface area contributed by atoms with Gasteiger partial charge >= 0.3 is 0 Å². The molecule has 32 heavy (non-hydrogen) atoms. The summed E-state index contributed by atoms with van der Waals surface area (Å²) in [6.45, 7) is 0.790. The predicted molar refractivity (Wildman–Crippen MR) is 133 cm³/mol. The Kier molecular flexibility index (Phi) is 5.81. The van der Waals surface area contributed by atoms with Crippen LogP contribution < -0.4 is 4.72 Å². The standard InChI is InChI=1S/C25H22FIN2O2S/c26-18-7-12-21(13-8-18)32(30,31)28-20-11-14-25-23(15-20)22-3-1-2-4-24(22)29(25)16-17-5-9-19(27)10-6-17/h1-10,12-13,20,28H,11,14-16H2/t20-/m0/s1. The lowest BCUT2D eigenvalue weighted by atomic mass is 9.92. The number of sulfonamides is 1. The number of halogens is 2. The van der Waals surface area contributed by atoms with Gasteiger partial charge in [-0.15, -0.1) is 0 Å². The van der Waals surface area contributed by atoms with Gasteiger partial charge in [-0.2, -0.15) is 0 Å². The quantitative estimate of drug-likeness (QED) is 0.339. The Morgan fingerprint density at radius 2 is 1.72 bits per heavy atom. The van der Waals surface area contributed by atoms with E-state index in [0.717, 1.165) is 19.4 Å². The molecule has 1 heterocycles. The number of nitrogens with zero attached hydrogens (tertiary/aromatic N) is 1. The highest BCUT2D eigenvalue weighted by Crippen LogP contribution is 2.33. The number of hydrogen-bond donors (Lipinski definition) is 1. The number of rotatable bonds is 5. The van der Waals surface area contributed by atoms with Crippen LogP contribution in [0.4, 0.5) is 4.39 Å². The van der Waals surface area contributed by atoms with Crippen molar-refractivity contribution in [2.75, 3.05) is 0 Å². The second kappa shape index (κ2) is 8.61. The van der Waals surface area contributed by atoms with Crippen molar-refractivity contribution in [2.45, 2.75) is 36.7 Å². The first-order chi connectivity index (χ1) is 15.4. The highest BCUT2D eigenvalue weighted by molar-refractivity contribution is 14.1. The lowest BCUT2D eigenvalue weighted by Gasteiger charge is -2.25. The van der Waals surface area contributed by atoms with Crippen molar-refractivity contribution < 1.29 is 12.8 Å². The van der Waals surface area contributed by atoms with Crippen LogP contribution in [0.25, 0.3) is 10.9 Å². The third kappa shape index (κ3) is 4.21. The molecule has 7 heteroatoms. The SMILES string of the molecule is O=S(=O)(N[C@H]1CCc2c(c3ccccc3n2Cc2ccc(I)cc2)C1)c1ccc(F)cc1. The summed E-state index contributed by atoms with van der Waals surface area (Å²) in [4.78, 5) is 0.0887. The van der Waals surface area contributed by atoms with Crippen LogP contribution in [-0.2, 0) is 29.4 Å². The average molecular weight is 560 g/mol. The molecule has 0 saturated heterocycles. The normalized spacial score (nSPS) is 16.2. The van der Waals surface area contributed by atoms with E-state index in [-0.39, 0.29) is 10.9 Å². The lowest BCUT2D eigenvalue weighted by Crippen LogP contribution is -2.39. The van der Waals surface area contributed by atoms with Gasteiger partial charge in [0, 0.05) is 32.8 Å². The number of aromatic nitrogens is 1. The summed E-state index contributed by atoms with van der Waals surface area (Å²) in [6, 6.07) is 21.6. The largest absolute Gasteiger partial charge is 0.340 e. The molecular weight excluding hydrogens is 538 g/mol. The maximum absolute atomic E-state index is 13.2. The fourth-order valence-electron chi connectivity index (χ4n) is 4.56. The van der Waals surface area contributed by atoms with Crippen LogP contribution in [0.5, 0.6) is 0 Å². The molecule has 4 aromatic rings. The third-order valence-corrected chi connectivity index (χ3v) is 8.33. The Morgan fingerprint density at radius 1 is 1.00 bits per heavy atom. The number of hydrogen-bond acceptors (Lipinski definition) is 2. The van der Waals surface area contributed by atoms with Crippen LogP contribution >= 0.6 is 22.6 Å². The summed E-state index contributed by atoms with van der Waals surface area (Å²) < 4.78 is 45.3. The van der Waals surface area contributed by atoms with Crippen molar-refractivity contribution >= 4 is 43.5 Å². The average Bonchev–Trinajstić information content (AvgIpc) is 3.08. The Balaban J connectivity index is 1.45. The Labute approximate surface area is 200 Å². The summed E-state index contributed by atoms with van der Waals surface area (Å²) in [7, 11) is -3.70. The van der Waals surface area contributed by atoms with Crippen molar-refractivity contribution in [3.8, 4) is 0 Å². The molecule has 4 nitrogen and oxygen atoms in total. The molecule has 0 aliphatic heterocycles. The maximum atomic E-state index is 13.2. The number of para-hydroxylation sites is 1. The first-order valence-electron chi connectivity index (χ1n) is 10.5. The van der Waals surface area contributed by atoms with Gasteiger partial charge in [-0.25, -0.2) is 17.5 Å². The van der Waals surface area contributed by atoms with E-state index in [1.54, 1.807) is 0 Å². The summed E-state index contributed by atoms with van der Waals surface area (Å²) in [5, 5.41) is 1.18. The molecule has 1 aromatic heterocycles. The Morgan fingerprint density at radius 3 is 2.47 bits per heavy atom. The van der Waals surface area contributed by atoms with E-state index in [0.29, 0.717) is 6.42 Å². The van der Waals surface area contributed by atoms with Crippen molar-refractivity contribution in [1.82, 2.24) is 9.29 Å². The van der Waals surface area contributed by atoms with Gasteiger partial charge < -0.3 is 4.57 Å². The zero-order chi connectivity index (χ0) is 22.3. The molecule has 1 aliphatic rings. The minimum atomic E-state index is -3.70. The smallest absolute Gasteiger partial charge is 0.240 e. The van der Waals surface area contributed by atoms with Crippen molar-refractivity contribution in [3.05, 3.63) is 99.0 Å². The molecule has 1 aliphatic carbocycles. The summed E-state index contributed by atoms with van der Waals surface area (Å²) in [6.07, 6.45) is 2.15. The van der Waals surface area contributed by atoms with Crippen molar-refractivity contribution in [2.24, 2.45) is 0 Å². The van der Waals surface area contributed by atoms with Crippen LogP contribution in [0.2, 0.25) is 0 Å². The molecule has 0 bridgehead atoms. The molecule has 1 N–H and O–H groups in total. The molecule has 5 rings (SSSR count). The van der Waals surface area contributed by atoms with Crippen molar-refractivity contribution in [1.29, 1.82) is 0 Å². The fraction of sp³-hybridized carbons (Fsp3) is 0.200. The van der Waals surface area contributed by atoms with Gasteiger partial charge in [0.05, 0.1) is 4.90 Å². The van der Waals surface area contributed by atoms with Gasteiger partial charge in [0.1, 0.15) is 5.82 Å². The minimum absolute atomic E-state index is 0.0887. The predicted octanol–water partition coefficient (Wildman–Crippen LogP) is 5.27. The van der Waals surface area contributed by atoms with Crippen LogP contribution in [-0.4, -0.2) is 19.0 Å². The molecule has 0 saturated carbocycles. The van der Waals surface area contributed by atoms with Gasteiger partial charge in [-0.1, -0.05) is 30.3 Å². The fourth-order valence-corrected chi connectivity index (χ4v) is 6.19. The van der Waals surface area contributed by atoms with Gasteiger partial charge in [-0.3, -0.25) is 0 Å². The van der Waals surface area contributed by atoms with E-state index in [1.165, 1.54) is 55.6 Å². The number of benzene rings is 3. The van der Waals surface area contributed by atoms with Crippen LogP contribution in [0.1, 0.15) is 23.2 Å². The van der Waals surface area contributed by atoms with E-state index in [1.807, 2.05) is 12.1 Å². The Hall–Kier alpha value is -2.23. The minimum Gasteiger partial charge on any atom is -0.340 e. The highest BCUT2D eigenvalue weighted by Gasteiger charge is 2.28. The third-order valence-electron chi connectivity index (χ3n) is 6.07. The van der Waals surface area contributed by atoms with E-state index in [4.69, 9.17) is 0 Å². The van der Waals surface area contributed by atoms with Gasteiger partial charge in [0.2, 0.25) is 10.0 Å². The zero-order valence-electron chi connectivity index (χ0n) is 17.3. The molecular formula is C25H22FIN2O2S. The van der Waals surface area contributed by atoms with E-state index in [2.05, 4.69) is 68.3 Å². The van der Waals surface area contributed by atoms with Gasteiger partial charge in [0.25, 0.3) is 0 Å². The van der Waals surface area contributed by atoms with Crippen molar-refractivity contribution in [3.63, 3.8) is 0 Å². The van der Waals surface area contributed by atoms with E-state index in [9.17, 15) is 12.8 Å². The second-order valence-corrected chi connectivity index (χ2v) is 11.1. The first kappa shape index (κ1) is 21.6. The zero-order valence-corrected chi connectivity index (χ0v) is 20.2. The molecule has 0 spiro atoms. The first-order valence-corrected chi connectivity index (χ1v) is 13.1. The molecule has 164 valence electrons. The molecule has 0 amide bonds. The second-order valence-electron chi connectivity index (χ2n) is 8.17. The monoisotopic (exact) mass is 560 g/mol. The summed E-state index contributed by atoms with van der Waals surface area (Å²) in [5.41, 5.74) is 4.91. The summed E-state index contributed by atoms with van der Waals surface area (Å²) in [5.74, 6) is -0.452. The van der Waals surface area contributed by atoms with Crippen LogP contribution in [0, 0.1) is 9.39 Å².